The van der Waals surface area contributed by atoms with Gasteiger partial charge in [0.25, 0.3) is 23.6 Å². The lowest BCUT2D eigenvalue weighted by Gasteiger charge is -2.36. The molecule has 8 N–H and O–H groups in total. The number of hydrogen-bond donors (Lipinski definition) is 8. The first-order valence-corrected chi connectivity index (χ1v) is 35.2. The number of piperidine rings is 3. The van der Waals surface area contributed by atoms with Gasteiger partial charge in [-0.25, -0.2) is 4.98 Å². The highest BCUT2D eigenvalue weighted by atomic mass is 32.1. The van der Waals surface area contributed by atoms with E-state index in [2.05, 4.69) is 75.8 Å². The van der Waals surface area contributed by atoms with Gasteiger partial charge < -0.3 is 61.8 Å². The molecule has 0 spiro atoms. The lowest BCUT2D eigenvalue weighted by Crippen LogP contribution is -2.57. The minimum Gasteiger partial charge on any atom is -0.491 e. The quantitative estimate of drug-likeness (QED) is 0.0427. The highest BCUT2D eigenvalue weighted by Gasteiger charge is 2.47. The standard InChI is InChI=1S/C25H36N4O3S.C17H19N3O3.C17H21N3O2.C17H20N2O3/c1-15(2)28-22(25(4,5)6)24(32)29-13-19(30)11-20(29)23(31)26-12-17-7-9-18(10-8-17)21-16(3)27-14-33-21;1-9(2)18-12-6-4-5-11-14(12)17(23)20(16(11)22)13-8-7-10(3)19-15(13)21;1-10(2)18-14-6-4-5-12-13(14)9-20(17(12)22)15-8-7-11(3)19-16(15)21;1-10(2)22-15-6-4-5-12-13(15)9-19(17(12)21)14-8-7-11(3)18-16(14)20/h7-10,14-15,19-20,22,28,30H,11-13H2,1-6H3,(H,26,31);4-6,9,13,18H,3,7-8H2,1-2H3,(H,19,21);4-6,10,15,18H,3,7-9H2,1-2H3,(H,19,21);4-6,10,14H,3,7-9H2,1-2H3,(H,18,20)/t19-,20+,22-;;;/m1.../s1. The van der Waals surface area contributed by atoms with E-state index in [0.29, 0.717) is 97.5 Å². The number of amides is 9. The van der Waals surface area contributed by atoms with Crippen molar-refractivity contribution in [2.45, 2.75) is 208 Å². The zero-order chi connectivity index (χ0) is 72.8. The Morgan fingerprint density at radius 3 is 1.67 bits per heavy atom. The number of fused-ring (bicyclic) bond motifs is 3. The highest BCUT2D eigenvalue weighted by Crippen LogP contribution is 2.38. The molecule has 12 rings (SSSR count). The third kappa shape index (κ3) is 17.2. The topological polar surface area (TPSA) is 293 Å². The molecule has 5 aromatic rings. The van der Waals surface area contributed by atoms with E-state index in [1.165, 1.54) is 0 Å². The van der Waals surface area contributed by atoms with Crippen LogP contribution in [-0.2, 0) is 43.6 Å². The fourth-order valence-corrected chi connectivity index (χ4v) is 14.1. The first kappa shape index (κ1) is 74.7. The molecule has 100 heavy (non-hydrogen) atoms. The summed E-state index contributed by atoms with van der Waals surface area (Å²) in [6.45, 7) is 36.7. The number of aryl methyl sites for hydroxylation is 1. The number of aliphatic hydroxyl groups is 1. The third-order valence-electron chi connectivity index (χ3n) is 18.1. The Morgan fingerprint density at radius 1 is 0.650 bits per heavy atom. The second-order valence-corrected chi connectivity index (χ2v) is 29.4. The van der Waals surface area contributed by atoms with Crippen LogP contribution < -0.4 is 42.0 Å². The van der Waals surface area contributed by atoms with E-state index in [4.69, 9.17) is 4.74 Å². The second kappa shape index (κ2) is 31.8. The van der Waals surface area contributed by atoms with E-state index < -0.39 is 48.1 Å². The number of aromatic nitrogens is 1. The number of benzene rings is 4. The predicted molar refractivity (Wildman–Crippen MR) is 386 cm³/mol. The molecule has 7 aliphatic heterocycles. The maximum Gasteiger partial charge on any atom is 0.264 e. The number of β-amino-alcohol motifs (C(OH)–C–C–N with tert-alkyl or cyclic N) is 1. The van der Waals surface area contributed by atoms with Gasteiger partial charge in [-0.05, 0) is 140 Å². The monoisotopic (exact) mass is 1380 g/mol. The number of imide groups is 1. The van der Waals surface area contributed by atoms with Gasteiger partial charge in [-0.2, -0.15) is 0 Å². The summed E-state index contributed by atoms with van der Waals surface area (Å²) in [6.07, 6.45) is 3.22. The number of nitrogens with zero attached hydrogens (tertiary/aromatic N) is 5. The Hall–Kier alpha value is -9.52. The molecule has 1 aromatic heterocycles. The molecule has 6 atom stereocenters. The van der Waals surface area contributed by atoms with Crippen molar-refractivity contribution in [3.8, 4) is 16.2 Å². The zero-order valence-corrected chi connectivity index (χ0v) is 60.2. The van der Waals surface area contributed by atoms with Gasteiger partial charge >= 0.3 is 0 Å². The number of allylic oxidation sites excluding steroid dienone is 3. The molecule has 7 aliphatic rings. The molecule has 532 valence electrons. The van der Waals surface area contributed by atoms with Crippen LogP contribution in [0.4, 0.5) is 11.4 Å². The van der Waals surface area contributed by atoms with Crippen molar-refractivity contribution < 1.29 is 53.0 Å². The van der Waals surface area contributed by atoms with Crippen LogP contribution in [0.2, 0.25) is 0 Å². The van der Waals surface area contributed by atoms with E-state index in [1.54, 1.807) is 50.3 Å². The molecular formula is C76H96N12O11S. The Labute approximate surface area is 590 Å². The average Bonchev–Trinajstić information content (AvgIpc) is 1.65. The van der Waals surface area contributed by atoms with Crippen molar-refractivity contribution in [2.24, 2.45) is 5.41 Å². The number of nitrogens with one attached hydrogen (secondary N) is 7. The highest BCUT2D eigenvalue weighted by molar-refractivity contribution is 7.13. The molecule has 4 fully saturated rings. The number of hydrogen-bond acceptors (Lipinski definition) is 16. The van der Waals surface area contributed by atoms with Gasteiger partial charge in [0.2, 0.25) is 29.5 Å². The predicted octanol–water partition coefficient (Wildman–Crippen LogP) is 9.48. The fraction of sp³-hybridized carbons (Fsp3) is 0.447. The molecule has 0 saturated carbocycles. The van der Waals surface area contributed by atoms with Crippen LogP contribution in [0.3, 0.4) is 0 Å². The Morgan fingerprint density at radius 2 is 1.16 bits per heavy atom. The maximum absolute atomic E-state index is 13.4. The second-order valence-electron chi connectivity index (χ2n) is 28.6. The van der Waals surface area contributed by atoms with Gasteiger partial charge in [-0.15, -0.1) is 11.3 Å². The molecule has 24 heteroatoms. The smallest absolute Gasteiger partial charge is 0.264 e. The molecule has 4 aromatic carbocycles. The molecule has 8 heterocycles. The fourth-order valence-electron chi connectivity index (χ4n) is 13.3. The number of ether oxygens (including phenoxy) is 1. The van der Waals surface area contributed by atoms with Gasteiger partial charge in [0, 0.05) is 94.9 Å². The number of rotatable bonds is 16. The molecule has 0 radical (unpaired) electrons. The van der Waals surface area contributed by atoms with Crippen LogP contribution in [-0.4, -0.2) is 150 Å². The number of carbonyl (C=O) groups is 9. The lowest BCUT2D eigenvalue weighted by atomic mass is 9.85. The first-order chi connectivity index (χ1) is 47.3. The Kier molecular flexibility index (Phi) is 23.7. The summed E-state index contributed by atoms with van der Waals surface area (Å²) < 4.78 is 5.79. The van der Waals surface area contributed by atoms with Gasteiger partial charge in [-0.3, -0.25) is 48.1 Å². The van der Waals surface area contributed by atoms with Crippen LogP contribution >= 0.6 is 11.3 Å². The number of aliphatic hydroxyl groups excluding tert-OH is 1. The van der Waals surface area contributed by atoms with Gasteiger partial charge in [0.05, 0.1) is 52.0 Å². The summed E-state index contributed by atoms with van der Waals surface area (Å²) in [5.74, 6) is -1.27. The SMILES string of the molecule is C=C1CCC(N2C(=O)c3cccc(NC(C)C)c3C2=O)C(=O)N1.C=C1CCC(N2Cc3c(NC(C)C)cccc3C2=O)C(=O)N1.C=C1CCC(N2Cc3c(OC(C)C)cccc3C2=O)C(=O)N1.Cc1ncsc1-c1ccc(CNC(=O)[C@@H]2C[C@@H](O)CN2C(=O)[C@@H](NC(C)C)C(C)(C)C)cc1. The Balaban J connectivity index is 0.000000158. The van der Waals surface area contributed by atoms with E-state index in [0.717, 1.165) is 54.9 Å². The number of likely N-dealkylation sites (tertiary alicyclic amines) is 1. The molecule has 23 nitrogen and oxygen atoms in total. The molecule has 9 amide bonds. The summed E-state index contributed by atoms with van der Waals surface area (Å²) in [7, 11) is 0. The van der Waals surface area contributed by atoms with Crippen LogP contribution in [0.15, 0.2) is 121 Å². The molecular weight excluding hydrogens is 1290 g/mol. The van der Waals surface area contributed by atoms with Crippen molar-refractivity contribution >= 4 is 75.9 Å². The summed E-state index contributed by atoms with van der Waals surface area (Å²) in [5.41, 5.74) is 12.1. The van der Waals surface area contributed by atoms with Crippen molar-refractivity contribution in [3.05, 3.63) is 166 Å². The zero-order valence-electron chi connectivity index (χ0n) is 59.4. The largest absolute Gasteiger partial charge is 0.491 e. The van der Waals surface area contributed by atoms with Crippen molar-refractivity contribution in [1.82, 2.24) is 51.2 Å². The molecule has 0 bridgehead atoms. The normalized spacial score (nSPS) is 20.6. The van der Waals surface area contributed by atoms with E-state index in [1.807, 2.05) is 129 Å². The number of carbonyl (C=O) groups excluding carboxylic acids is 9. The number of thiazole rings is 1. The maximum atomic E-state index is 13.4. The minimum absolute atomic E-state index is 0.0388. The minimum atomic E-state index is -0.778. The number of anilines is 2. The first-order valence-electron chi connectivity index (χ1n) is 34.4. The van der Waals surface area contributed by atoms with E-state index in [9.17, 15) is 48.3 Å². The van der Waals surface area contributed by atoms with Gasteiger partial charge in [0.1, 0.15) is 29.9 Å². The Bertz CT molecular complexity index is 3890. The van der Waals surface area contributed by atoms with Crippen LogP contribution in [0.1, 0.15) is 185 Å². The van der Waals surface area contributed by atoms with Crippen molar-refractivity contribution in [2.75, 3.05) is 17.2 Å². The molecule has 0 aliphatic carbocycles. The van der Waals surface area contributed by atoms with Gasteiger partial charge in [-0.1, -0.05) is 96.8 Å². The average molecular weight is 1390 g/mol. The van der Waals surface area contributed by atoms with E-state index in [-0.39, 0.29) is 84.0 Å². The summed E-state index contributed by atoms with van der Waals surface area (Å²) >= 11 is 1.61. The van der Waals surface area contributed by atoms with Crippen LogP contribution in [0.5, 0.6) is 5.75 Å². The van der Waals surface area contributed by atoms with Crippen molar-refractivity contribution in [3.63, 3.8) is 0 Å². The van der Waals surface area contributed by atoms with Crippen LogP contribution in [0.25, 0.3) is 10.4 Å². The summed E-state index contributed by atoms with van der Waals surface area (Å²) in [4.78, 5) is 125. The van der Waals surface area contributed by atoms with Gasteiger partial charge in [0.15, 0.2) is 0 Å². The lowest BCUT2D eigenvalue weighted by molar-refractivity contribution is -0.142. The third-order valence-corrected chi connectivity index (χ3v) is 19.1. The van der Waals surface area contributed by atoms with E-state index >= 15 is 0 Å². The van der Waals surface area contributed by atoms with Crippen molar-refractivity contribution in [1.29, 1.82) is 0 Å². The molecule has 3 unspecified atom stereocenters. The summed E-state index contributed by atoms with van der Waals surface area (Å²) in [6, 6.07) is 22.2. The molecule has 4 saturated heterocycles. The van der Waals surface area contributed by atoms with Crippen LogP contribution in [0, 0.1) is 12.3 Å². The summed E-state index contributed by atoms with van der Waals surface area (Å²) in [5, 5.41) is 31.2.